The van der Waals surface area contributed by atoms with Crippen LogP contribution >= 0.6 is 0 Å². The van der Waals surface area contributed by atoms with Gasteiger partial charge in [0.05, 0.1) is 6.07 Å². The lowest BCUT2D eigenvalue weighted by molar-refractivity contribution is 0.623. The molecule has 0 unspecified atom stereocenters. The zero-order valence-corrected chi connectivity index (χ0v) is 11.4. The van der Waals surface area contributed by atoms with Crippen LogP contribution in [0.5, 0.6) is 0 Å². The van der Waals surface area contributed by atoms with Gasteiger partial charge in [-0.3, -0.25) is 0 Å². The zero-order chi connectivity index (χ0) is 13.5. The zero-order valence-electron chi connectivity index (χ0n) is 11.4. The van der Waals surface area contributed by atoms with Gasteiger partial charge in [-0.05, 0) is 25.3 Å². The second-order valence-corrected chi connectivity index (χ2v) is 4.27. The minimum absolute atomic E-state index is 0.727. The fourth-order valence-corrected chi connectivity index (χ4v) is 1.56. The van der Waals surface area contributed by atoms with E-state index in [0.29, 0.717) is 0 Å². The molecule has 0 N–H and O–H groups in total. The number of hydrogen-bond acceptors (Lipinski definition) is 1. The molecule has 18 heavy (non-hydrogen) atoms. The first-order valence-corrected chi connectivity index (χ1v) is 6.84. The Morgan fingerprint density at radius 3 is 2.00 bits per heavy atom. The molecular formula is C17H25N. The van der Waals surface area contributed by atoms with Crippen molar-refractivity contribution >= 4 is 0 Å². The second kappa shape index (κ2) is 13.8. The first-order chi connectivity index (χ1) is 8.85. The van der Waals surface area contributed by atoms with Gasteiger partial charge >= 0.3 is 0 Å². The van der Waals surface area contributed by atoms with Crippen LogP contribution in [0.4, 0.5) is 0 Å². The molecule has 98 valence electrons. The van der Waals surface area contributed by atoms with Crippen molar-refractivity contribution in [3.63, 3.8) is 0 Å². The Balaban J connectivity index is 0.000000327. The maximum Gasteiger partial charge on any atom is 0.0621 e. The van der Waals surface area contributed by atoms with Gasteiger partial charge in [-0.15, -0.1) is 0 Å². The van der Waals surface area contributed by atoms with Gasteiger partial charge < -0.3 is 0 Å². The van der Waals surface area contributed by atoms with E-state index >= 15 is 0 Å². The number of hydrogen-bond donors (Lipinski definition) is 0. The molecule has 1 heteroatoms. The van der Waals surface area contributed by atoms with E-state index in [0.717, 1.165) is 25.7 Å². The maximum atomic E-state index is 8.21. The summed E-state index contributed by atoms with van der Waals surface area (Å²) in [7, 11) is 0. The quantitative estimate of drug-likeness (QED) is 0.608. The summed E-state index contributed by atoms with van der Waals surface area (Å²) in [5.41, 5.74) is 1.30. The molecule has 0 saturated carbocycles. The first kappa shape index (κ1) is 16.7. The van der Waals surface area contributed by atoms with Gasteiger partial charge in [-0.2, -0.15) is 5.26 Å². The number of nitrogens with zero attached hydrogens (tertiary/aromatic N) is 1. The molecule has 0 bridgehead atoms. The molecule has 0 aliphatic carbocycles. The summed E-state index contributed by atoms with van der Waals surface area (Å²) in [6.45, 7) is 7.52. The van der Waals surface area contributed by atoms with Crippen molar-refractivity contribution in [3.05, 3.63) is 49.7 Å². The number of benzene rings is 1. The average molecular weight is 243 g/mol. The molecular weight excluding hydrogens is 218 g/mol. The van der Waals surface area contributed by atoms with E-state index in [2.05, 4.69) is 32.0 Å². The fraction of sp³-hybridized carbons (Fsp3) is 0.471. The van der Waals surface area contributed by atoms with E-state index in [1.807, 2.05) is 18.2 Å². The van der Waals surface area contributed by atoms with Crippen molar-refractivity contribution in [3.8, 4) is 6.07 Å². The van der Waals surface area contributed by atoms with Crippen molar-refractivity contribution in [2.75, 3.05) is 0 Å². The van der Waals surface area contributed by atoms with Crippen LogP contribution < -0.4 is 0 Å². The Kier molecular flexibility index (Phi) is 12.8. The fourth-order valence-electron chi connectivity index (χ4n) is 1.56. The van der Waals surface area contributed by atoms with E-state index in [1.54, 1.807) is 0 Å². The predicted octanol–water partition coefficient (Wildman–Crippen LogP) is 5.14. The average Bonchev–Trinajstić information content (AvgIpc) is 2.44. The molecule has 1 aromatic carbocycles. The summed E-state index contributed by atoms with van der Waals surface area (Å²) >= 11 is 0. The van der Waals surface area contributed by atoms with Gasteiger partial charge in [0.1, 0.15) is 0 Å². The maximum absolute atomic E-state index is 8.21. The molecule has 0 aliphatic rings. The number of nitriles is 1. The predicted molar refractivity (Wildman–Crippen MR) is 78.8 cm³/mol. The number of rotatable bonds is 7. The standard InChI is InChI=1S/C9H16N.C8H9/c1-2-3-4-5-6-7-8-9-10;1-2-8-6-4-3-5-7-8/h1-8H2;3-7H,1-2H2. The summed E-state index contributed by atoms with van der Waals surface area (Å²) in [6.07, 6.45) is 8.77. The van der Waals surface area contributed by atoms with Gasteiger partial charge in [0.25, 0.3) is 0 Å². The van der Waals surface area contributed by atoms with Crippen molar-refractivity contribution in [1.82, 2.24) is 0 Å². The summed E-state index contributed by atoms with van der Waals surface area (Å²) in [5.74, 6) is 0. The highest BCUT2D eigenvalue weighted by atomic mass is 14.2. The van der Waals surface area contributed by atoms with Crippen LogP contribution in [0.15, 0.2) is 30.3 Å². The molecule has 0 fully saturated rings. The minimum atomic E-state index is 0.727. The van der Waals surface area contributed by atoms with E-state index in [9.17, 15) is 0 Å². The Morgan fingerprint density at radius 1 is 0.889 bits per heavy atom. The van der Waals surface area contributed by atoms with Crippen LogP contribution in [0.25, 0.3) is 0 Å². The summed E-state index contributed by atoms with van der Waals surface area (Å²) < 4.78 is 0. The monoisotopic (exact) mass is 243 g/mol. The highest BCUT2D eigenvalue weighted by molar-refractivity contribution is 5.14. The lowest BCUT2D eigenvalue weighted by atomic mass is 10.1. The van der Waals surface area contributed by atoms with Crippen LogP contribution in [0.1, 0.15) is 50.5 Å². The third-order valence-electron chi connectivity index (χ3n) is 2.67. The first-order valence-electron chi connectivity index (χ1n) is 6.84. The molecule has 0 spiro atoms. The van der Waals surface area contributed by atoms with Crippen LogP contribution in [0.3, 0.4) is 0 Å². The molecule has 0 saturated heterocycles. The normalized spacial score (nSPS) is 9.17. The second-order valence-electron chi connectivity index (χ2n) is 4.27. The van der Waals surface area contributed by atoms with Gasteiger partial charge in [0.15, 0.2) is 0 Å². The Labute approximate surface area is 113 Å². The molecule has 1 aromatic rings. The molecule has 0 amide bonds. The Morgan fingerprint density at radius 2 is 1.50 bits per heavy atom. The molecule has 0 heterocycles. The lowest BCUT2D eigenvalue weighted by Gasteiger charge is -1.95. The summed E-state index contributed by atoms with van der Waals surface area (Å²) in [5, 5.41) is 8.21. The van der Waals surface area contributed by atoms with E-state index < -0.39 is 0 Å². The highest BCUT2D eigenvalue weighted by Gasteiger charge is 1.87. The van der Waals surface area contributed by atoms with Crippen LogP contribution in [0.2, 0.25) is 0 Å². The largest absolute Gasteiger partial charge is 0.198 e. The van der Waals surface area contributed by atoms with Crippen molar-refractivity contribution < 1.29 is 0 Å². The van der Waals surface area contributed by atoms with Gasteiger partial charge in [-0.1, -0.05) is 69.4 Å². The Hall–Kier alpha value is -1.29. The third-order valence-corrected chi connectivity index (χ3v) is 2.67. The van der Waals surface area contributed by atoms with Crippen LogP contribution in [0, 0.1) is 25.2 Å². The third kappa shape index (κ3) is 11.2. The van der Waals surface area contributed by atoms with Crippen molar-refractivity contribution in [2.24, 2.45) is 0 Å². The smallest absolute Gasteiger partial charge is 0.0621 e. The summed E-state index contributed by atoms with van der Waals surface area (Å²) in [6, 6.07) is 12.4. The van der Waals surface area contributed by atoms with Gasteiger partial charge in [-0.25, -0.2) is 0 Å². The van der Waals surface area contributed by atoms with Crippen LogP contribution in [-0.2, 0) is 6.42 Å². The molecule has 0 aliphatic heterocycles. The van der Waals surface area contributed by atoms with Crippen LogP contribution in [-0.4, -0.2) is 0 Å². The summed E-state index contributed by atoms with van der Waals surface area (Å²) in [4.78, 5) is 0. The van der Waals surface area contributed by atoms with E-state index in [-0.39, 0.29) is 0 Å². The molecule has 0 aromatic heterocycles. The topological polar surface area (TPSA) is 23.8 Å². The van der Waals surface area contributed by atoms with E-state index in [4.69, 9.17) is 5.26 Å². The van der Waals surface area contributed by atoms with Gasteiger partial charge in [0.2, 0.25) is 0 Å². The van der Waals surface area contributed by atoms with Gasteiger partial charge in [0, 0.05) is 6.42 Å². The lowest BCUT2D eigenvalue weighted by Crippen LogP contribution is -1.77. The highest BCUT2D eigenvalue weighted by Crippen LogP contribution is 2.05. The molecule has 1 nitrogen and oxygen atoms in total. The molecule has 1 rings (SSSR count). The van der Waals surface area contributed by atoms with E-state index in [1.165, 1.54) is 31.2 Å². The molecule has 0 atom stereocenters. The minimum Gasteiger partial charge on any atom is -0.198 e. The number of unbranched alkanes of at least 4 members (excludes halogenated alkanes) is 6. The Bertz CT molecular complexity index is 297. The SMILES string of the molecule is [CH2]CCCCCCCC#N.[CH2]Cc1ccccc1. The van der Waals surface area contributed by atoms with Crippen molar-refractivity contribution in [1.29, 1.82) is 5.26 Å². The van der Waals surface area contributed by atoms with Crippen molar-refractivity contribution in [2.45, 2.75) is 51.4 Å². The molecule has 2 radical (unpaired) electrons.